The van der Waals surface area contributed by atoms with Crippen molar-refractivity contribution in [3.8, 4) is 0 Å². The number of hydrogen-bond donors (Lipinski definition) is 1. The van der Waals surface area contributed by atoms with Crippen LogP contribution in [0.25, 0.3) is 0 Å². The van der Waals surface area contributed by atoms with Gasteiger partial charge in [-0.3, -0.25) is 0 Å². The van der Waals surface area contributed by atoms with Gasteiger partial charge in [0.05, 0.1) is 0 Å². The molecule has 0 amide bonds. The number of hydrogen-bond acceptors (Lipinski definition) is 1. The zero-order valence-electron chi connectivity index (χ0n) is 6.55. The van der Waals surface area contributed by atoms with Gasteiger partial charge in [0, 0.05) is 6.04 Å². The van der Waals surface area contributed by atoms with Gasteiger partial charge in [-0.25, -0.2) is 8.78 Å². The third-order valence-corrected chi connectivity index (χ3v) is 1.47. The summed E-state index contributed by atoms with van der Waals surface area (Å²) >= 11 is 0. The van der Waals surface area contributed by atoms with Crippen LogP contribution in [0.5, 0.6) is 0 Å². The largest absolute Gasteiger partial charge is 0.324 e. The minimum Gasteiger partial charge on any atom is -0.324 e. The summed E-state index contributed by atoms with van der Waals surface area (Å²) in [7, 11) is 0. The minimum atomic E-state index is -0.847. The lowest BCUT2D eigenvalue weighted by molar-refractivity contribution is 0.506. The summed E-state index contributed by atoms with van der Waals surface area (Å²) in [5.74, 6) is -1.69. The second-order valence-corrected chi connectivity index (χ2v) is 2.46. The summed E-state index contributed by atoms with van der Waals surface area (Å²) < 4.78 is 24.9. The van der Waals surface area contributed by atoms with E-state index in [1.807, 2.05) is 0 Å². The van der Waals surface area contributed by atoms with Gasteiger partial charge in [0.15, 0.2) is 11.6 Å². The van der Waals surface area contributed by atoms with E-state index in [0.717, 1.165) is 12.1 Å². The third kappa shape index (κ3) is 2.43. The van der Waals surface area contributed by atoms with Crippen LogP contribution in [0, 0.1) is 11.6 Å². The average molecular weight is 194 g/mol. The van der Waals surface area contributed by atoms with Crippen LogP contribution in [0.1, 0.15) is 18.5 Å². The van der Waals surface area contributed by atoms with Crippen LogP contribution in [0.2, 0.25) is 0 Å². The van der Waals surface area contributed by atoms with Crippen LogP contribution in [0.3, 0.4) is 0 Å². The Kier molecular flexibility index (Phi) is 4.13. The molecule has 0 aliphatic rings. The Morgan fingerprint density at radius 1 is 1.25 bits per heavy atom. The molecule has 68 valence electrons. The molecule has 0 bridgehead atoms. The van der Waals surface area contributed by atoms with Crippen LogP contribution in [0.15, 0.2) is 18.2 Å². The second-order valence-electron chi connectivity index (χ2n) is 2.46. The normalized spacial score (nSPS) is 12.0. The van der Waals surface area contributed by atoms with Crippen molar-refractivity contribution in [2.24, 2.45) is 5.73 Å². The molecule has 0 saturated heterocycles. The number of nitrogens with two attached hydrogens (primary N) is 1. The topological polar surface area (TPSA) is 26.0 Å². The standard InChI is InChI=1S/C8H9F2N.ClH/c1-5(11)6-2-3-7(9)8(10)4-6;/h2-5H,11H2,1H3;1H. The van der Waals surface area contributed by atoms with Crippen molar-refractivity contribution in [3.63, 3.8) is 0 Å². The van der Waals surface area contributed by atoms with E-state index in [1.54, 1.807) is 6.92 Å². The molecule has 1 nitrogen and oxygen atoms in total. The lowest BCUT2D eigenvalue weighted by Gasteiger charge is -2.04. The summed E-state index contributed by atoms with van der Waals surface area (Å²) in [6.07, 6.45) is 0. The first-order chi connectivity index (χ1) is 5.11. The van der Waals surface area contributed by atoms with Crippen LogP contribution in [-0.4, -0.2) is 0 Å². The number of benzene rings is 1. The van der Waals surface area contributed by atoms with Gasteiger partial charge < -0.3 is 5.73 Å². The highest BCUT2D eigenvalue weighted by molar-refractivity contribution is 5.85. The summed E-state index contributed by atoms with van der Waals surface area (Å²) in [4.78, 5) is 0. The van der Waals surface area contributed by atoms with Crippen molar-refractivity contribution in [2.75, 3.05) is 0 Å². The van der Waals surface area contributed by atoms with Crippen molar-refractivity contribution in [3.05, 3.63) is 35.4 Å². The Morgan fingerprint density at radius 3 is 2.25 bits per heavy atom. The Bertz CT molecular complexity index is 263. The third-order valence-electron chi connectivity index (χ3n) is 1.47. The molecule has 0 radical (unpaired) electrons. The van der Waals surface area contributed by atoms with Crippen LogP contribution >= 0.6 is 12.4 Å². The maximum Gasteiger partial charge on any atom is 0.159 e. The Morgan fingerprint density at radius 2 is 1.83 bits per heavy atom. The molecule has 0 aliphatic heterocycles. The first kappa shape index (κ1) is 11.3. The van der Waals surface area contributed by atoms with Crippen LogP contribution < -0.4 is 5.73 Å². The van der Waals surface area contributed by atoms with Gasteiger partial charge in [-0.05, 0) is 24.6 Å². The van der Waals surface area contributed by atoms with E-state index in [1.165, 1.54) is 6.07 Å². The molecule has 2 N–H and O–H groups in total. The van der Waals surface area contributed by atoms with Crippen LogP contribution in [-0.2, 0) is 0 Å². The second kappa shape index (κ2) is 4.38. The fourth-order valence-corrected chi connectivity index (χ4v) is 0.796. The van der Waals surface area contributed by atoms with Gasteiger partial charge in [-0.2, -0.15) is 0 Å². The first-order valence-electron chi connectivity index (χ1n) is 3.32. The van der Waals surface area contributed by atoms with Crippen molar-refractivity contribution < 1.29 is 8.78 Å². The number of rotatable bonds is 1. The molecule has 12 heavy (non-hydrogen) atoms. The van der Waals surface area contributed by atoms with Crippen molar-refractivity contribution in [2.45, 2.75) is 13.0 Å². The molecule has 0 aliphatic carbocycles. The number of halogens is 3. The van der Waals surface area contributed by atoms with Crippen molar-refractivity contribution >= 4 is 12.4 Å². The molecule has 1 rings (SSSR count). The molecule has 0 saturated carbocycles. The lowest BCUT2D eigenvalue weighted by Crippen LogP contribution is -2.05. The van der Waals surface area contributed by atoms with E-state index in [0.29, 0.717) is 5.56 Å². The zero-order chi connectivity index (χ0) is 8.43. The highest BCUT2D eigenvalue weighted by Crippen LogP contribution is 2.13. The molecule has 1 unspecified atom stereocenters. The van der Waals surface area contributed by atoms with E-state index < -0.39 is 11.6 Å². The molecule has 4 heteroatoms. The average Bonchev–Trinajstić information content (AvgIpc) is 1.94. The summed E-state index contributed by atoms with van der Waals surface area (Å²) in [6, 6.07) is 3.40. The van der Waals surface area contributed by atoms with Gasteiger partial charge in [0.25, 0.3) is 0 Å². The lowest BCUT2D eigenvalue weighted by atomic mass is 10.1. The predicted molar refractivity (Wildman–Crippen MR) is 46.2 cm³/mol. The SMILES string of the molecule is CC(N)c1ccc(F)c(F)c1.Cl. The van der Waals surface area contributed by atoms with Gasteiger partial charge in [0.2, 0.25) is 0 Å². The van der Waals surface area contributed by atoms with E-state index in [-0.39, 0.29) is 18.4 Å². The smallest absolute Gasteiger partial charge is 0.159 e. The quantitative estimate of drug-likeness (QED) is 0.728. The molecule has 0 fully saturated rings. The molecule has 0 heterocycles. The van der Waals surface area contributed by atoms with E-state index in [4.69, 9.17) is 5.73 Å². The monoisotopic (exact) mass is 193 g/mol. The Hall–Kier alpha value is -0.670. The van der Waals surface area contributed by atoms with Gasteiger partial charge in [-0.1, -0.05) is 6.07 Å². The highest BCUT2D eigenvalue weighted by atomic mass is 35.5. The fraction of sp³-hybridized carbons (Fsp3) is 0.250. The summed E-state index contributed by atoms with van der Waals surface area (Å²) in [6.45, 7) is 1.71. The van der Waals surface area contributed by atoms with Crippen LogP contribution in [0.4, 0.5) is 8.78 Å². The van der Waals surface area contributed by atoms with E-state index in [2.05, 4.69) is 0 Å². The maximum atomic E-state index is 12.5. The van der Waals surface area contributed by atoms with Crippen molar-refractivity contribution in [1.82, 2.24) is 0 Å². The van der Waals surface area contributed by atoms with Crippen molar-refractivity contribution in [1.29, 1.82) is 0 Å². The summed E-state index contributed by atoms with van der Waals surface area (Å²) in [5.41, 5.74) is 6.04. The molecule has 1 aromatic rings. The maximum absolute atomic E-state index is 12.5. The minimum absolute atomic E-state index is 0. The first-order valence-corrected chi connectivity index (χ1v) is 3.32. The molecule has 1 atom stereocenters. The van der Waals surface area contributed by atoms with Gasteiger partial charge in [-0.15, -0.1) is 12.4 Å². The van der Waals surface area contributed by atoms with Gasteiger partial charge in [0.1, 0.15) is 0 Å². The van der Waals surface area contributed by atoms with E-state index >= 15 is 0 Å². The Balaban J connectivity index is 0.00000121. The molecular formula is C8H10ClF2N. The molecule has 0 spiro atoms. The Labute approximate surface area is 76.0 Å². The fourth-order valence-electron chi connectivity index (χ4n) is 0.796. The molecule has 1 aromatic carbocycles. The zero-order valence-corrected chi connectivity index (χ0v) is 7.37. The predicted octanol–water partition coefficient (Wildman–Crippen LogP) is 2.41. The molecule has 0 aromatic heterocycles. The van der Waals surface area contributed by atoms with Gasteiger partial charge >= 0.3 is 0 Å². The molecular weight excluding hydrogens is 184 g/mol. The highest BCUT2D eigenvalue weighted by Gasteiger charge is 2.04. The summed E-state index contributed by atoms with van der Waals surface area (Å²) in [5, 5.41) is 0. The van der Waals surface area contributed by atoms with E-state index in [9.17, 15) is 8.78 Å².